The Kier molecular flexibility index (Phi) is 6.90. The molecule has 0 aliphatic carbocycles. The van der Waals surface area contributed by atoms with Gasteiger partial charge in [0.25, 0.3) is 5.91 Å². The van der Waals surface area contributed by atoms with Crippen LogP contribution in [0, 0.1) is 5.41 Å². The first kappa shape index (κ1) is 23.5. The lowest BCUT2D eigenvalue weighted by Gasteiger charge is -2.32. The van der Waals surface area contributed by atoms with Crippen LogP contribution < -0.4 is 5.73 Å². The van der Waals surface area contributed by atoms with E-state index in [1.54, 1.807) is 17.0 Å². The summed E-state index contributed by atoms with van der Waals surface area (Å²) in [6.45, 7) is 8.34. The molecule has 31 heavy (non-hydrogen) atoms. The molecule has 168 valence electrons. The van der Waals surface area contributed by atoms with Crippen LogP contribution in [0.15, 0.2) is 18.2 Å². The number of carbonyl (C=O) groups is 3. The normalized spacial score (nSPS) is 19.0. The fraction of sp³-hybridized carbons (Fsp3) is 0.524. The Morgan fingerprint density at radius 3 is 2.74 bits per heavy atom. The highest BCUT2D eigenvalue weighted by molar-refractivity contribution is 8.82. The minimum atomic E-state index is -0.672. The number of benzene rings is 1. The van der Waals surface area contributed by atoms with Crippen molar-refractivity contribution in [3.05, 3.63) is 29.6 Å². The average Bonchev–Trinajstić information content (AvgIpc) is 3.30. The van der Waals surface area contributed by atoms with Gasteiger partial charge in [0.15, 0.2) is 0 Å². The largest absolute Gasteiger partial charge is 0.448 e. The third kappa shape index (κ3) is 5.01. The fourth-order valence-electron chi connectivity index (χ4n) is 3.45. The number of fused-ring (bicyclic) bond motifs is 1. The number of amides is 2. The van der Waals surface area contributed by atoms with Crippen LogP contribution in [-0.4, -0.2) is 50.9 Å². The number of nitrogens with one attached hydrogen (secondary N) is 1. The van der Waals surface area contributed by atoms with Gasteiger partial charge in [-0.1, -0.05) is 37.6 Å². The summed E-state index contributed by atoms with van der Waals surface area (Å²) in [6.07, 6.45) is 1.12. The van der Waals surface area contributed by atoms with Gasteiger partial charge in [0.1, 0.15) is 23.5 Å². The molecule has 0 unspecified atom stereocenters. The number of hydrogen-bond acceptors (Lipinski definition) is 7. The van der Waals surface area contributed by atoms with Gasteiger partial charge in [-0.05, 0) is 42.7 Å². The van der Waals surface area contributed by atoms with Gasteiger partial charge in [-0.3, -0.25) is 14.5 Å². The van der Waals surface area contributed by atoms with Crippen molar-refractivity contribution < 1.29 is 19.1 Å². The molecule has 1 aromatic heterocycles. The predicted molar refractivity (Wildman–Crippen MR) is 124 cm³/mol. The van der Waals surface area contributed by atoms with Crippen LogP contribution >= 0.6 is 21.6 Å². The van der Waals surface area contributed by atoms with Crippen LogP contribution in [-0.2, 0) is 15.1 Å². The van der Waals surface area contributed by atoms with Crippen LogP contribution in [0.1, 0.15) is 56.7 Å². The lowest BCUT2D eigenvalue weighted by molar-refractivity contribution is -0.117. The van der Waals surface area contributed by atoms with Gasteiger partial charge in [-0.25, -0.2) is 9.78 Å². The Labute approximate surface area is 189 Å². The molecule has 2 aromatic rings. The molecule has 1 aromatic carbocycles. The zero-order chi connectivity index (χ0) is 22.8. The highest BCUT2D eigenvalue weighted by Gasteiger charge is 2.44. The number of aromatic amines is 1. The number of carbonyl (C=O) groups excluding carboxylic acids is 3. The zero-order valence-electron chi connectivity index (χ0n) is 18.2. The molecule has 10 heteroatoms. The van der Waals surface area contributed by atoms with Crippen molar-refractivity contribution in [1.82, 2.24) is 14.9 Å². The van der Waals surface area contributed by atoms with Crippen molar-refractivity contribution in [2.24, 2.45) is 11.1 Å². The lowest BCUT2D eigenvalue weighted by Crippen LogP contribution is -2.44. The molecule has 2 heterocycles. The van der Waals surface area contributed by atoms with Crippen LogP contribution in [0.2, 0.25) is 0 Å². The highest BCUT2D eigenvalue weighted by Crippen LogP contribution is 2.38. The molecule has 1 atom stereocenters. The van der Waals surface area contributed by atoms with Crippen molar-refractivity contribution in [1.29, 1.82) is 0 Å². The number of nitrogens with zero attached hydrogens (tertiary/aromatic N) is 2. The maximum atomic E-state index is 12.8. The van der Waals surface area contributed by atoms with Gasteiger partial charge in [-0.15, -0.1) is 0 Å². The zero-order valence-corrected chi connectivity index (χ0v) is 19.8. The molecule has 1 aliphatic heterocycles. The maximum absolute atomic E-state index is 12.8. The molecule has 0 saturated carbocycles. The van der Waals surface area contributed by atoms with Crippen molar-refractivity contribution >= 4 is 49.7 Å². The average molecular weight is 465 g/mol. The van der Waals surface area contributed by atoms with Crippen molar-refractivity contribution in [2.75, 3.05) is 18.9 Å². The minimum Gasteiger partial charge on any atom is -0.448 e. The molecule has 0 bridgehead atoms. The van der Waals surface area contributed by atoms with E-state index in [1.165, 1.54) is 21.6 Å². The second-order valence-electron chi connectivity index (χ2n) is 8.74. The number of likely N-dealkylation sites (tertiary alicyclic amines) is 1. The Bertz CT molecular complexity index is 1000. The van der Waals surface area contributed by atoms with Gasteiger partial charge in [-0.2, -0.15) is 0 Å². The van der Waals surface area contributed by atoms with E-state index in [0.717, 1.165) is 12.8 Å². The molecule has 2 amide bonds. The Balaban J connectivity index is 1.65. The van der Waals surface area contributed by atoms with E-state index in [4.69, 9.17) is 10.5 Å². The summed E-state index contributed by atoms with van der Waals surface area (Å²) < 4.78 is 5.47. The maximum Gasteiger partial charge on any atom is 0.410 e. The van der Waals surface area contributed by atoms with E-state index >= 15 is 0 Å². The van der Waals surface area contributed by atoms with E-state index in [9.17, 15) is 14.4 Å². The minimum absolute atomic E-state index is 0.0937. The predicted octanol–water partition coefficient (Wildman–Crippen LogP) is 4.06. The summed E-state index contributed by atoms with van der Waals surface area (Å²) >= 11 is 0. The van der Waals surface area contributed by atoms with Gasteiger partial charge < -0.3 is 15.5 Å². The molecule has 1 saturated heterocycles. The van der Waals surface area contributed by atoms with Crippen LogP contribution in [0.4, 0.5) is 4.79 Å². The summed E-state index contributed by atoms with van der Waals surface area (Å²) in [5, 5.41) is 0.0937. The second-order valence-corrected chi connectivity index (χ2v) is 11.1. The second kappa shape index (κ2) is 9.12. The van der Waals surface area contributed by atoms with Gasteiger partial charge in [0, 0.05) is 17.7 Å². The van der Waals surface area contributed by atoms with Crippen LogP contribution in [0.3, 0.4) is 0 Å². The molecule has 1 aliphatic rings. The first-order chi connectivity index (χ1) is 14.5. The number of para-hydroxylation sites is 1. The van der Waals surface area contributed by atoms with E-state index < -0.39 is 23.0 Å². The Hall–Kier alpha value is -2.20. The number of rotatable bonds is 6. The standard InChI is InChI=1S/C21H28N4O4S2/c1-20(2,3)18(27)31-30-12-11-29-19(28)25-10-6-9-21(25,4)17-23-14-8-5-7-13(16(22)26)15(14)24-17/h5,7-8H,6,9-12H2,1-4H3,(H2,22,26)(H,23,24)/t21-/m1/s1. The van der Waals surface area contributed by atoms with Gasteiger partial charge >= 0.3 is 6.09 Å². The van der Waals surface area contributed by atoms with Gasteiger partial charge in [0.2, 0.25) is 5.12 Å². The third-order valence-electron chi connectivity index (χ3n) is 5.29. The molecule has 1 fully saturated rings. The first-order valence-electron chi connectivity index (χ1n) is 10.1. The van der Waals surface area contributed by atoms with E-state index in [1.807, 2.05) is 33.8 Å². The van der Waals surface area contributed by atoms with Gasteiger partial charge in [0.05, 0.1) is 11.1 Å². The van der Waals surface area contributed by atoms with Crippen molar-refractivity contribution in [2.45, 2.75) is 46.1 Å². The lowest BCUT2D eigenvalue weighted by atomic mass is 9.98. The summed E-state index contributed by atoms with van der Waals surface area (Å²) in [5.74, 6) is 0.582. The summed E-state index contributed by atoms with van der Waals surface area (Å²) in [4.78, 5) is 46.0. The molecular formula is C21H28N4O4S2. The number of H-pyrrole nitrogens is 1. The first-order valence-corrected chi connectivity index (χ1v) is 12.4. The van der Waals surface area contributed by atoms with Crippen LogP contribution in [0.5, 0.6) is 0 Å². The number of hydrogen-bond donors (Lipinski definition) is 2. The number of primary amides is 1. The highest BCUT2D eigenvalue weighted by atomic mass is 33.1. The van der Waals surface area contributed by atoms with E-state index in [-0.39, 0.29) is 11.7 Å². The molecule has 3 N–H and O–H groups in total. The third-order valence-corrected chi connectivity index (χ3v) is 7.81. The summed E-state index contributed by atoms with van der Waals surface area (Å²) in [7, 11) is 2.58. The number of nitrogens with two attached hydrogens (primary N) is 1. The molecule has 8 nitrogen and oxygen atoms in total. The number of imidazole rings is 1. The number of ether oxygens (including phenoxy) is 1. The Morgan fingerprint density at radius 1 is 1.32 bits per heavy atom. The molecule has 0 spiro atoms. The smallest absolute Gasteiger partial charge is 0.410 e. The van der Waals surface area contributed by atoms with Crippen LogP contribution in [0.25, 0.3) is 11.0 Å². The molecule has 3 rings (SSSR count). The summed E-state index contributed by atoms with van der Waals surface area (Å²) in [5.41, 5.74) is 5.95. The molecular weight excluding hydrogens is 436 g/mol. The number of aromatic nitrogens is 2. The van der Waals surface area contributed by atoms with Crippen molar-refractivity contribution in [3.63, 3.8) is 0 Å². The topological polar surface area (TPSA) is 118 Å². The van der Waals surface area contributed by atoms with E-state index in [0.29, 0.717) is 34.7 Å². The SMILES string of the molecule is CC(C)(C)C(=O)SSCCOC(=O)N1CCC[C@]1(C)c1nc2c(C(N)=O)cccc2[nH]1. The monoisotopic (exact) mass is 464 g/mol. The van der Waals surface area contributed by atoms with Crippen molar-refractivity contribution in [3.8, 4) is 0 Å². The molecule has 0 radical (unpaired) electrons. The summed E-state index contributed by atoms with van der Waals surface area (Å²) in [6, 6.07) is 5.21. The van der Waals surface area contributed by atoms with E-state index in [2.05, 4.69) is 9.97 Å². The fourth-order valence-corrected chi connectivity index (χ4v) is 5.57. The Morgan fingerprint density at radius 2 is 2.06 bits per heavy atom. The quantitative estimate of drug-likeness (QED) is 0.489.